The molecule has 6 nitrogen and oxygen atoms in total. The summed E-state index contributed by atoms with van der Waals surface area (Å²) in [5.74, 6) is -1.81. The Kier molecular flexibility index (Phi) is 5.95. The molecule has 4 aliphatic rings. The normalized spacial score (nSPS) is 40.8. The standard InChI is InChI=1S/C28H40O6/c1-14(2)17(5)25(31)34-27-12-16(4)28(32)21-9-15(3)23(30)20(21)10-19(13-33-18(6)29)11-22(28)24(27)26(27,7)8/h9,11,14,16-17,20-22,24,32H,10,12-13H2,1-8H3/t16-,17-,20+,21-,22+,24-,27+,28+/m1/s1. The van der Waals surface area contributed by atoms with Gasteiger partial charge in [0.1, 0.15) is 12.2 Å². The summed E-state index contributed by atoms with van der Waals surface area (Å²) in [7, 11) is 0. The Morgan fingerprint density at radius 2 is 1.82 bits per heavy atom. The first-order chi connectivity index (χ1) is 15.7. The molecule has 4 aliphatic carbocycles. The lowest BCUT2D eigenvalue weighted by Crippen LogP contribution is -2.56. The molecule has 0 aliphatic heterocycles. The molecule has 0 spiro atoms. The van der Waals surface area contributed by atoms with Gasteiger partial charge in [0, 0.05) is 36.0 Å². The number of carbonyl (C=O) groups excluding carboxylic acids is 3. The van der Waals surface area contributed by atoms with Gasteiger partial charge in [0.25, 0.3) is 0 Å². The van der Waals surface area contributed by atoms with E-state index in [4.69, 9.17) is 9.47 Å². The van der Waals surface area contributed by atoms with Crippen molar-refractivity contribution in [2.24, 2.45) is 46.8 Å². The van der Waals surface area contributed by atoms with E-state index in [2.05, 4.69) is 13.8 Å². The molecule has 2 saturated carbocycles. The third-order valence-electron chi connectivity index (χ3n) is 9.71. The zero-order valence-corrected chi connectivity index (χ0v) is 21.8. The average Bonchev–Trinajstić information content (AvgIpc) is 3.11. The minimum atomic E-state index is -1.14. The van der Waals surface area contributed by atoms with Crippen LogP contribution in [0.4, 0.5) is 0 Å². The van der Waals surface area contributed by atoms with E-state index in [9.17, 15) is 19.5 Å². The highest BCUT2D eigenvalue weighted by Crippen LogP contribution is 2.76. The molecule has 34 heavy (non-hydrogen) atoms. The largest absolute Gasteiger partial charge is 0.461 e. The molecule has 188 valence electrons. The Labute approximate surface area is 203 Å². The van der Waals surface area contributed by atoms with Crippen LogP contribution in [0.2, 0.25) is 0 Å². The van der Waals surface area contributed by atoms with Crippen LogP contribution in [0.5, 0.6) is 0 Å². The highest BCUT2D eigenvalue weighted by atomic mass is 16.6. The summed E-state index contributed by atoms with van der Waals surface area (Å²) in [4.78, 5) is 37.7. The summed E-state index contributed by atoms with van der Waals surface area (Å²) in [6, 6.07) is 0. The van der Waals surface area contributed by atoms with E-state index >= 15 is 0 Å². The first-order valence-electron chi connectivity index (χ1n) is 12.7. The maximum atomic E-state index is 13.1. The highest BCUT2D eigenvalue weighted by Gasteiger charge is 2.82. The third kappa shape index (κ3) is 3.42. The zero-order valence-electron chi connectivity index (χ0n) is 21.8. The number of hydrogen-bond acceptors (Lipinski definition) is 6. The lowest BCUT2D eigenvalue weighted by Gasteiger charge is -2.49. The van der Waals surface area contributed by atoms with E-state index in [1.165, 1.54) is 6.92 Å². The molecule has 6 heteroatoms. The van der Waals surface area contributed by atoms with Crippen molar-refractivity contribution < 1.29 is 29.0 Å². The fraction of sp³-hybridized carbons (Fsp3) is 0.750. The van der Waals surface area contributed by atoms with Gasteiger partial charge in [-0.25, -0.2) is 0 Å². The van der Waals surface area contributed by atoms with Gasteiger partial charge in [-0.15, -0.1) is 0 Å². The molecule has 2 fully saturated rings. The minimum Gasteiger partial charge on any atom is -0.461 e. The van der Waals surface area contributed by atoms with Gasteiger partial charge in [0.2, 0.25) is 0 Å². The minimum absolute atomic E-state index is 0.0593. The van der Waals surface area contributed by atoms with Crippen molar-refractivity contribution >= 4 is 17.7 Å². The number of aliphatic hydroxyl groups is 1. The smallest absolute Gasteiger partial charge is 0.309 e. The molecule has 1 N–H and O–H groups in total. The number of esters is 2. The van der Waals surface area contributed by atoms with Gasteiger partial charge in [-0.05, 0) is 42.7 Å². The van der Waals surface area contributed by atoms with Crippen molar-refractivity contribution in [3.8, 4) is 0 Å². The van der Waals surface area contributed by atoms with E-state index < -0.39 is 11.2 Å². The van der Waals surface area contributed by atoms with Gasteiger partial charge in [-0.2, -0.15) is 0 Å². The van der Waals surface area contributed by atoms with Crippen LogP contribution >= 0.6 is 0 Å². The second kappa shape index (κ2) is 8.04. The average molecular weight is 473 g/mol. The fourth-order valence-electron chi connectivity index (χ4n) is 7.26. The molecule has 0 unspecified atom stereocenters. The number of ketones is 1. The molecule has 0 bridgehead atoms. The van der Waals surface area contributed by atoms with Crippen molar-refractivity contribution in [2.45, 2.75) is 79.4 Å². The number of carbonyl (C=O) groups is 3. The number of allylic oxidation sites excluding steroid dienone is 1. The quantitative estimate of drug-likeness (QED) is 0.475. The number of hydrogen-bond donors (Lipinski definition) is 1. The van der Waals surface area contributed by atoms with Crippen molar-refractivity contribution in [2.75, 3.05) is 6.61 Å². The van der Waals surface area contributed by atoms with Crippen LogP contribution < -0.4 is 0 Å². The molecule has 0 aromatic carbocycles. The topological polar surface area (TPSA) is 89.9 Å². The Bertz CT molecular complexity index is 973. The second-order valence-corrected chi connectivity index (χ2v) is 12.2. The van der Waals surface area contributed by atoms with Crippen LogP contribution in [0.3, 0.4) is 0 Å². The molecule has 0 aromatic rings. The number of Topliss-reactive ketones (excluding diaryl/α,β-unsaturated/α-hetero) is 1. The summed E-state index contributed by atoms with van der Waals surface area (Å²) in [5, 5.41) is 12.4. The second-order valence-electron chi connectivity index (χ2n) is 12.2. The van der Waals surface area contributed by atoms with Gasteiger partial charge in [0.15, 0.2) is 5.78 Å². The van der Waals surface area contributed by atoms with E-state index in [-0.39, 0.29) is 71.2 Å². The Hall–Kier alpha value is -1.95. The van der Waals surface area contributed by atoms with Crippen molar-refractivity contribution in [3.63, 3.8) is 0 Å². The van der Waals surface area contributed by atoms with Gasteiger partial charge in [-0.3, -0.25) is 14.4 Å². The molecule has 0 saturated heterocycles. The van der Waals surface area contributed by atoms with E-state index in [0.717, 1.165) is 5.57 Å². The van der Waals surface area contributed by atoms with Crippen LogP contribution in [0, 0.1) is 46.8 Å². The molecule has 8 atom stereocenters. The monoisotopic (exact) mass is 472 g/mol. The van der Waals surface area contributed by atoms with Gasteiger partial charge in [0.05, 0.1) is 11.5 Å². The first-order valence-corrected chi connectivity index (χ1v) is 12.7. The molecule has 0 heterocycles. The van der Waals surface area contributed by atoms with E-state index in [1.807, 2.05) is 46.8 Å². The molecular weight excluding hydrogens is 432 g/mol. The van der Waals surface area contributed by atoms with Gasteiger partial charge < -0.3 is 14.6 Å². The summed E-state index contributed by atoms with van der Waals surface area (Å²) in [5.41, 5.74) is -0.586. The van der Waals surface area contributed by atoms with Crippen molar-refractivity contribution in [1.29, 1.82) is 0 Å². The predicted molar refractivity (Wildman–Crippen MR) is 127 cm³/mol. The maximum absolute atomic E-state index is 13.1. The predicted octanol–water partition coefficient (Wildman–Crippen LogP) is 4.26. The summed E-state index contributed by atoms with van der Waals surface area (Å²) < 4.78 is 11.7. The lowest BCUT2D eigenvalue weighted by atomic mass is 9.61. The molecule has 0 amide bonds. The van der Waals surface area contributed by atoms with Crippen LogP contribution in [0.15, 0.2) is 23.3 Å². The Morgan fingerprint density at radius 1 is 1.18 bits per heavy atom. The lowest BCUT2D eigenvalue weighted by molar-refractivity contribution is -0.177. The summed E-state index contributed by atoms with van der Waals surface area (Å²) in [6.45, 7) is 15.5. The highest BCUT2D eigenvalue weighted by molar-refractivity contribution is 6.00. The van der Waals surface area contributed by atoms with Gasteiger partial charge in [-0.1, -0.05) is 53.7 Å². The molecule has 0 aromatic heterocycles. The van der Waals surface area contributed by atoms with Crippen LogP contribution in [-0.4, -0.2) is 40.6 Å². The zero-order chi connectivity index (χ0) is 25.4. The first kappa shape index (κ1) is 25.2. The van der Waals surface area contributed by atoms with Crippen molar-refractivity contribution in [3.05, 3.63) is 23.3 Å². The maximum Gasteiger partial charge on any atom is 0.309 e. The number of fused-ring (bicyclic) bond motifs is 5. The number of ether oxygens (including phenoxy) is 2. The van der Waals surface area contributed by atoms with Crippen LogP contribution in [-0.2, 0) is 23.9 Å². The Balaban J connectivity index is 1.78. The molecule has 0 radical (unpaired) electrons. The SMILES string of the molecule is CC(=O)OCC1=C[C@H]2[C@@H]3C(C)(C)[C@]3(OC(=O)[C@H](C)C(C)C)C[C@@H](C)[C@]2(O)[C@@H]2C=C(C)C(=O)[C@H]2C1. The number of rotatable bonds is 5. The van der Waals surface area contributed by atoms with Crippen molar-refractivity contribution in [1.82, 2.24) is 0 Å². The molecular formula is C28H40O6. The van der Waals surface area contributed by atoms with E-state index in [1.54, 1.807) is 0 Å². The Morgan fingerprint density at radius 3 is 2.41 bits per heavy atom. The third-order valence-corrected chi connectivity index (χ3v) is 9.71. The van der Waals surface area contributed by atoms with Crippen LogP contribution in [0.25, 0.3) is 0 Å². The van der Waals surface area contributed by atoms with Crippen LogP contribution in [0.1, 0.15) is 68.2 Å². The van der Waals surface area contributed by atoms with Gasteiger partial charge >= 0.3 is 11.9 Å². The summed E-state index contributed by atoms with van der Waals surface area (Å²) in [6.07, 6.45) is 5.02. The van der Waals surface area contributed by atoms with E-state index in [0.29, 0.717) is 18.4 Å². The fourth-order valence-corrected chi connectivity index (χ4v) is 7.26. The molecule has 4 rings (SSSR count). The summed E-state index contributed by atoms with van der Waals surface area (Å²) >= 11 is 0.